The van der Waals surface area contributed by atoms with E-state index < -0.39 is 18.2 Å². The van der Waals surface area contributed by atoms with E-state index in [4.69, 9.17) is 4.74 Å². The molecule has 2 N–H and O–H groups in total. The second-order valence-electron chi connectivity index (χ2n) is 7.18. The van der Waals surface area contributed by atoms with Gasteiger partial charge in [0.1, 0.15) is 0 Å². The van der Waals surface area contributed by atoms with Crippen LogP contribution in [0.3, 0.4) is 0 Å². The smallest absolute Gasteiger partial charge is 0.411 e. The molecule has 3 amide bonds. The van der Waals surface area contributed by atoms with Gasteiger partial charge in [-0.05, 0) is 29.7 Å². The van der Waals surface area contributed by atoms with Crippen molar-refractivity contribution in [2.45, 2.75) is 45.4 Å². The average Bonchev–Trinajstić information content (AvgIpc) is 3.09. The van der Waals surface area contributed by atoms with Gasteiger partial charge in [-0.2, -0.15) is 0 Å². The molecule has 7 heteroatoms. The minimum absolute atomic E-state index is 0.112. The highest BCUT2D eigenvalue weighted by Gasteiger charge is 2.46. The van der Waals surface area contributed by atoms with Crippen molar-refractivity contribution in [3.8, 4) is 0 Å². The van der Waals surface area contributed by atoms with Gasteiger partial charge in [-0.3, -0.25) is 14.5 Å². The first kappa shape index (κ1) is 21.4. The topological polar surface area (TPSA) is 87.7 Å². The molecule has 1 saturated heterocycles. The van der Waals surface area contributed by atoms with Crippen molar-refractivity contribution in [3.63, 3.8) is 0 Å². The summed E-state index contributed by atoms with van der Waals surface area (Å²) in [5.41, 5.74) is 2.17. The van der Waals surface area contributed by atoms with Crippen LogP contribution < -0.4 is 10.6 Å². The minimum atomic E-state index is -0.804. The zero-order valence-corrected chi connectivity index (χ0v) is 17.3. The Morgan fingerprint density at radius 3 is 2.53 bits per heavy atom. The molecule has 0 saturated carbocycles. The summed E-state index contributed by atoms with van der Waals surface area (Å²) in [5, 5.41) is 5.69. The molecule has 0 spiro atoms. The predicted molar refractivity (Wildman–Crippen MR) is 114 cm³/mol. The summed E-state index contributed by atoms with van der Waals surface area (Å²) < 4.78 is 5.65. The van der Waals surface area contributed by atoms with Gasteiger partial charge in [-0.1, -0.05) is 56.3 Å². The fraction of sp³-hybridized carbons (Fsp3) is 0.348. The quantitative estimate of drug-likeness (QED) is 0.697. The molecular formula is C23H27N3O4. The molecule has 158 valence electrons. The van der Waals surface area contributed by atoms with Crippen LogP contribution in [-0.2, 0) is 20.9 Å². The number of amides is 3. The summed E-state index contributed by atoms with van der Waals surface area (Å²) >= 11 is 0. The Morgan fingerprint density at radius 2 is 1.83 bits per heavy atom. The lowest BCUT2D eigenvalue weighted by Gasteiger charge is -2.24. The first-order chi connectivity index (χ1) is 14.5. The van der Waals surface area contributed by atoms with Gasteiger partial charge in [0, 0.05) is 18.7 Å². The van der Waals surface area contributed by atoms with Crippen LogP contribution in [-0.4, -0.2) is 35.4 Å². The van der Waals surface area contributed by atoms with E-state index in [0.29, 0.717) is 24.2 Å². The van der Waals surface area contributed by atoms with Crippen LogP contribution in [0.25, 0.3) is 0 Å². The molecule has 1 aliphatic rings. The molecule has 2 aromatic carbocycles. The minimum Gasteiger partial charge on any atom is -0.438 e. The number of ether oxygens (including phenoxy) is 1. The summed E-state index contributed by atoms with van der Waals surface area (Å²) in [5.74, 6) is -0.370. The first-order valence-corrected chi connectivity index (χ1v) is 10.2. The lowest BCUT2D eigenvalue weighted by Crippen LogP contribution is -2.46. The number of carbonyl (C=O) groups is 3. The van der Waals surface area contributed by atoms with Gasteiger partial charge in [0.15, 0.2) is 12.1 Å². The van der Waals surface area contributed by atoms with E-state index in [2.05, 4.69) is 10.6 Å². The number of nitrogens with one attached hydrogen (secondary N) is 2. The second-order valence-corrected chi connectivity index (χ2v) is 7.18. The highest BCUT2D eigenvalue weighted by atomic mass is 16.6. The Labute approximate surface area is 176 Å². The third kappa shape index (κ3) is 4.97. The van der Waals surface area contributed by atoms with Crippen molar-refractivity contribution in [2.75, 3.05) is 11.9 Å². The van der Waals surface area contributed by atoms with Crippen LogP contribution in [0.2, 0.25) is 0 Å². The van der Waals surface area contributed by atoms with Gasteiger partial charge in [0.05, 0.1) is 6.54 Å². The Morgan fingerprint density at radius 1 is 1.07 bits per heavy atom. The zero-order valence-electron chi connectivity index (χ0n) is 17.3. The standard InChI is InChI=1S/C23H27N3O4/c1-3-13-24-22(28)20-21(17-11-8-12-18(14-17)25-19(27)4-2)30-23(29)26(20)15-16-9-6-5-7-10-16/h5-12,14,20-21H,3-4,13,15H2,1-2H3,(H,24,28)(H,25,27). The molecule has 0 bridgehead atoms. The molecule has 2 unspecified atom stereocenters. The van der Waals surface area contributed by atoms with Crippen LogP contribution in [0.5, 0.6) is 0 Å². The summed E-state index contributed by atoms with van der Waals surface area (Å²) in [6.07, 6.45) is -0.162. The molecule has 1 aliphatic heterocycles. The van der Waals surface area contributed by atoms with Gasteiger partial charge in [0.25, 0.3) is 0 Å². The largest absolute Gasteiger partial charge is 0.438 e. The van der Waals surface area contributed by atoms with E-state index in [9.17, 15) is 14.4 Å². The van der Waals surface area contributed by atoms with E-state index in [1.165, 1.54) is 4.90 Å². The van der Waals surface area contributed by atoms with E-state index in [0.717, 1.165) is 12.0 Å². The molecule has 0 aromatic heterocycles. The Kier molecular flexibility index (Phi) is 7.06. The normalized spacial score (nSPS) is 18.1. The van der Waals surface area contributed by atoms with Crippen molar-refractivity contribution in [1.82, 2.24) is 10.2 Å². The number of hydrogen-bond acceptors (Lipinski definition) is 4. The monoisotopic (exact) mass is 409 g/mol. The molecular weight excluding hydrogens is 382 g/mol. The fourth-order valence-electron chi connectivity index (χ4n) is 3.39. The van der Waals surface area contributed by atoms with Crippen LogP contribution in [0.15, 0.2) is 54.6 Å². The number of benzene rings is 2. The molecule has 1 fully saturated rings. The maximum atomic E-state index is 13.0. The van der Waals surface area contributed by atoms with E-state index in [1.807, 2.05) is 37.3 Å². The SMILES string of the molecule is CCCNC(=O)C1C(c2cccc(NC(=O)CC)c2)OC(=O)N1Cc1ccccc1. The maximum absolute atomic E-state index is 13.0. The van der Waals surface area contributed by atoms with E-state index in [1.54, 1.807) is 31.2 Å². The summed E-state index contributed by atoms with van der Waals surface area (Å²) in [7, 11) is 0. The van der Waals surface area contributed by atoms with Crippen molar-refractivity contribution >= 4 is 23.6 Å². The number of cyclic esters (lactones) is 1. The van der Waals surface area contributed by atoms with E-state index >= 15 is 0 Å². The summed E-state index contributed by atoms with van der Waals surface area (Å²) in [4.78, 5) is 38.9. The Bertz CT molecular complexity index is 900. The maximum Gasteiger partial charge on any atom is 0.411 e. The van der Waals surface area contributed by atoms with Crippen molar-refractivity contribution in [3.05, 3.63) is 65.7 Å². The van der Waals surface area contributed by atoms with Crippen LogP contribution in [0.4, 0.5) is 10.5 Å². The van der Waals surface area contributed by atoms with Gasteiger partial charge in [-0.25, -0.2) is 4.79 Å². The van der Waals surface area contributed by atoms with Crippen molar-refractivity contribution < 1.29 is 19.1 Å². The molecule has 2 aromatic rings. The predicted octanol–water partition coefficient (Wildman–Crippen LogP) is 3.62. The average molecular weight is 409 g/mol. The Hall–Kier alpha value is -3.35. The molecule has 3 rings (SSSR count). The number of anilines is 1. The van der Waals surface area contributed by atoms with Crippen molar-refractivity contribution in [2.24, 2.45) is 0 Å². The summed E-state index contributed by atoms with van der Waals surface area (Å²) in [6, 6.07) is 15.8. The molecule has 30 heavy (non-hydrogen) atoms. The molecule has 1 heterocycles. The number of rotatable bonds is 8. The van der Waals surface area contributed by atoms with Gasteiger partial charge >= 0.3 is 6.09 Å². The molecule has 2 atom stereocenters. The van der Waals surface area contributed by atoms with Crippen LogP contribution in [0, 0.1) is 0 Å². The van der Waals surface area contributed by atoms with Gasteiger partial charge < -0.3 is 15.4 Å². The molecule has 0 aliphatic carbocycles. The third-order valence-corrected chi connectivity index (χ3v) is 4.92. The van der Waals surface area contributed by atoms with Crippen molar-refractivity contribution in [1.29, 1.82) is 0 Å². The van der Waals surface area contributed by atoms with E-state index in [-0.39, 0.29) is 18.4 Å². The summed E-state index contributed by atoms with van der Waals surface area (Å²) in [6.45, 7) is 4.53. The highest BCUT2D eigenvalue weighted by Crippen LogP contribution is 2.35. The molecule has 0 radical (unpaired) electrons. The number of hydrogen-bond donors (Lipinski definition) is 2. The number of nitrogens with zero attached hydrogens (tertiary/aromatic N) is 1. The highest BCUT2D eigenvalue weighted by molar-refractivity contribution is 5.91. The molecule has 7 nitrogen and oxygen atoms in total. The third-order valence-electron chi connectivity index (χ3n) is 4.92. The first-order valence-electron chi connectivity index (χ1n) is 10.2. The van der Waals surface area contributed by atoms with Crippen LogP contribution in [0.1, 0.15) is 43.9 Å². The second kappa shape index (κ2) is 9.91. The Balaban J connectivity index is 1.90. The van der Waals surface area contributed by atoms with Gasteiger partial charge in [0.2, 0.25) is 11.8 Å². The zero-order chi connectivity index (χ0) is 21.5. The fourth-order valence-corrected chi connectivity index (χ4v) is 3.39. The van der Waals surface area contributed by atoms with Gasteiger partial charge in [-0.15, -0.1) is 0 Å². The van der Waals surface area contributed by atoms with Crippen LogP contribution >= 0.6 is 0 Å². The number of carbonyl (C=O) groups excluding carboxylic acids is 3. The lowest BCUT2D eigenvalue weighted by molar-refractivity contribution is -0.126. The lowest BCUT2D eigenvalue weighted by atomic mass is 10.00.